The Bertz CT molecular complexity index is 894. The number of fused-ring (bicyclic) bond motifs is 1. The third-order valence-corrected chi connectivity index (χ3v) is 6.82. The Morgan fingerprint density at radius 3 is 2.39 bits per heavy atom. The second kappa shape index (κ2) is 9.62. The van der Waals surface area contributed by atoms with Gasteiger partial charge in [-0.1, -0.05) is 88.8 Å². The van der Waals surface area contributed by atoms with Crippen molar-refractivity contribution in [1.29, 1.82) is 0 Å². The van der Waals surface area contributed by atoms with Crippen LogP contribution in [0.1, 0.15) is 75.0 Å². The van der Waals surface area contributed by atoms with Crippen LogP contribution in [0.2, 0.25) is 0 Å². The van der Waals surface area contributed by atoms with Gasteiger partial charge in [-0.15, -0.1) is 34.0 Å². The molecule has 0 bridgehead atoms. The van der Waals surface area contributed by atoms with Crippen molar-refractivity contribution in [3.05, 3.63) is 65.2 Å². The summed E-state index contributed by atoms with van der Waals surface area (Å²) in [7, 11) is 0. The Kier molecular flexibility index (Phi) is 7.44. The Labute approximate surface area is 190 Å². The van der Waals surface area contributed by atoms with Gasteiger partial charge in [0.05, 0.1) is 0 Å². The summed E-state index contributed by atoms with van der Waals surface area (Å²) in [5.41, 5.74) is 7.14. The van der Waals surface area contributed by atoms with Gasteiger partial charge in [0.25, 0.3) is 0 Å². The number of rotatable bonds is 5. The van der Waals surface area contributed by atoms with E-state index in [1.54, 1.807) is 5.56 Å². The van der Waals surface area contributed by atoms with E-state index in [0.717, 1.165) is 5.92 Å². The van der Waals surface area contributed by atoms with Crippen LogP contribution in [0.5, 0.6) is 0 Å². The van der Waals surface area contributed by atoms with Crippen LogP contribution < -0.4 is 0 Å². The van der Waals surface area contributed by atoms with E-state index < -0.39 is 0 Å². The summed E-state index contributed by atoms with van der Waals surface area (Å²) >= 11 is 0. The third kappa shape index (κ3) is 4.56. The Balaban J connectivity index is 0.00000225. The number of aryl methyl sites for hydroxylation is 1. The largest absolute Gasteiger partial charge is 0.164 e. The maximum Gasteiger partial charge on any atom is 0 e. The zero-order valence-electron chi connectivity index (χ0n) is 17.7. The second-order valence-electron chi connectivity index (χ2n) is 8.76. The quantitative estimate of drug-likeness (QED) is 0.345. The van der Waals surface area contributed by atoms with Crippen LogP contribution in [0.4, 0.5) is 0 Å². The topological polar surface area (TPSA) is 0 Å². The average Bonchev–Trinajstić information content (AvgIpc) is 3.13. The Morgan fingerprint density at radius 1 is 1.00 bits per heavy atom. The van der Waals surface area contributed by atoms with Crippen LogP contribution in [0.3, 0.4) is 0 Å². The molecule has 28 heavy (non-hydrogen) atoms. The van der Waals surface area contributed by atoms with Crippen LogP contribution in [0.15, 0.2) is 48.5 Å². The molecule has 146 valence electrons. The molecule has 4 rings (SSSR count). The van der Waals surface area contributed by atoms with Gasteiger partial charge in [0.1, 0.15) is 0 Å². The first-order chi connectivity index (χ1) is 13.2. The molecule has 0 N–H and O–H groups in total. The van der Waals surface area contributed by atoms with E-state index in [2.05, 4.69) is 69.3 Å². The van der Waals surface area contributed by atoms with E-state index in [9.17, 15) is 0 Å². The van der Waals surface area contributed by atoms with Gasteiger partial charge in [0.2, 0.25) is 0 Å². The molecule has 0 saturated heterocycles. The van der Waals surface area contributed by atoms with Gasteiger partial charge >= 0.3 is 0 Å². The van der Waals surface area contributed by atoms with Crippen molar-refractivity contribution < 1.29 is 26.2 Å². The molecule has 0 nitrogen and oxygen atoms in total. The number of hydrogen-bond acceptors (Lipinski definition) is 0. The van der Waals surface area contributed by atoms with Crippen LogP contribution >= 0.6 is 0 Å². The van der Waals surface area contributed by atoms with Crippen LogP contribution in [-0.4, -0.2) is 0 Å². The van der Waals surface area contributed by atoms with Gasteiger partial charge in [-0.25, -0.2) is 0 Å². The molecule has 3 aromatic carbocycles. The van der Waals surface area contributed by atoms with Gasteiger partial charge in [-0.05, 0) is 35.8 Å². The van der Waals surface area contributed by atoms with Crippen LogP contribution in [0, 0.1) is 12.8 Å². The summed E-state index contributed by atoms with van der Waals surface area (Å²) in [4.78, 5) is 0. The smallest absolute Gasteiger partial charge is 0 e. The monoisotopic (exact) mass is 447 g/mol. The molecule has 0 aliphatic heterocycles. The normalized spacial score (nSPS) is 16.1. The Morgan fingerprint density at radius 2 is 1.71 bits per heavy atom. The molecule has 1 aliphatic carbocycles. The molecule has 0 heterocycles. The zero-order valence-corrected chi connectivity index (χ0v) is 20.2. The first-order valence-electron chi connectivity index (χ1n) is 10.9. The fourth-order valence-corrected chi connectivity index (χ4v) is 4.83. The fourth-order valence-electron chi connectivity index (χ4n) is 4.83. The number of hydrogen-bond donors (Lipinski definition) is 0. The van der Waals surface area contributed by atoms with Crippen LogP contribution in [-0.2, 0) is 32.6 Å². The first-order valence-corrected chi connectivity index (χ1v) is 10.9. The summed E-state index contributed by atoms with van der Waals surface area (Å²) in [5, 5.41) is 2.89. The fraction of sp³-hybridized carbons (Fsp3) is 0.444. The van der Waals surface area contributed by atoms with Gasteiger partial charge in [-0.2, -0.15) is 6.07 Å². The van der Waals surface area contributed by atoms with Crippen molar-refractivity contribution >= 4 is 10.8 Å². The van der Waals surface area contributed by atoms with E-state index >= 15 is 0 Å². The minimum Gasteiger partial charge on any atom is -0.164 e. The minimum absolute atomic E-state index is 0. The second-order valence-corrected chi connectivity index (χ2v) is 8.76. The third-order valence-electron chi connectivity index (χ3n) is 6.82. The van der Waals surface area contributed by atoms with Crippen molar-refractivity contribution in [2.75, 3.05) is 0 Å². The van der Waals surface area contributed by atoms with Gasteiger partial charge in [-0.3, -0.25) is 0 Å². The maximum absolute atomic E-state index is 2.48. The number of benzene rings is 2. The van der Waals surface area contributed by atoms with Crippen molar-refractivity contribution in [1.82, 2.24) is 0 Å². The summed E-state index contributed by atoms with van der Waals surface area (Å²) in [6.07, 6.45) is 9.60. The van der Waals surface area contributed by atoms with Gasteiger partial charge in [0.15, 0.2) is 0 Å². The molecule has 1 saturated carbocycles. The molecule has 1 aliphatic rings. The predicted molar refractivity (Wildman–Crippen MR) is 119 cm³/mol. The summed E-state index contributed by atoms with van der Waals surface area (Å²) in [5.74, 6) is 1.53. The maximum atomic E-state index is 2.48. The molecule has 0 spiro atoms. The zero-order chi connectivity index (χ0) is 18.8. The van der Waals surface area contributed by atoms with Crippen molar-refractivity contribution in [2.45, 2.75) is 71.6 Å². The van der Waals surface area contributed by atoms with E-state index in [1.807, 2.05) is 0 Å². The molecular weight excluding hydrogens is 416 g/mol. The molecular formula is C27H33Zr-. The predicted octanol–water partition coefficient (Wildman–Crippen LogP) is 8.17. The van der Waals surface area contributed by atoms with Crippen molar-refractivity contribution in [3.63, 3.8) is 0 Å². The summed E-state index contributed by atoms with van der Waals surface area (Å²) < 4.78 is 0. The molecule has 0 aromatic heterocycles. The molecule has 0 radical (unpaired) electrons. The molecule has 3 aromatic rings. The van der Waals surface area contributed by atoms with Crippen LogP contribution in [0.25, 0.3) is 21.9 Å². The first kappa shape index (κ1) is 21.6. The van der Waals surface area contributed by atoms with Crippen molar-refractivity contribution in [3.8, 4) is 11.1 Å². The molecule has 1 atom stereocenters. The molecule has 1 unspecified atom stereocenters. The average molecular weight is 449 g/mol. The van der Waals surface area contributed by atoms with Gasteiger partial charge in [0, 0.05) is 26.2 Å². The van der Waals surface area contributed by atoms with E-state index in [0.29, 0.717) is 5.92 Å². The Hall–Kier alpha value is -1.07. The molecule has 1 fully saturated rings. The van der Waals surface area contributed by atoms with E-state index in [1.165, 1.54) is 78.0 Å². The summed E-state index contributed by atoms with van der Waals surface area (Å²) in [6.45, 7) is 6.83. The minimum atomic E-state index is 0. The summed E-state index contributed by atoms with van der Waals surface area (Å²) in [6, 6.07) is 18.8. The molecule has 1 heteroatoms. The van der Waals surface area contributed by atoms with Gasteiger partial charge < -0.3 is 0 Å². The van der Waals surface area contributed by atoms with Crippen molar-refractivity contribution in [2.24, 2.45) is 5.92 Å². The molecule has 0 amide bonds. The van der Waals surface area contributed by atoms with E-state index in [-0.39, 0.29) is 26.2 Å². The van der Waals surface area contributed by atoms with E-state index in [4.69, 9.17) is 0 Å². The SMILES string of the molecule is CCC(C)c1ccc(-c2ccc(C)c3[cH-]c(CC4CCCCC4)cc23)cc1.[Zr]. The standard InChI is InChI=1S/C27H33.Zr/c1-4-19(2)23-11-13-24(14-12-23)25-15-10-20(3)26-17-22(18-27(25)26)16-21-8-6-5-7-9-21;/h10-15,17-19,21H,4-9,16H2,1-3H3;/q-1;.